The monoisotopic (exact) mass is 574 g/mol. The average Bonchev–Trinajstić information content (AvgIpc) is 3.38. The van der Waals surface area contributed by atoms with Crippen molar-refractivity contribution in [2.24, 2.45) is 0 Å². The van der Waals surface area contributed by atoms with Crippen molar-refractivity contribution in [3.63, 3.8) is 0 Å². The number of likely N-dealkylation sites (tertiary alicyclic amines) is 1. The first-order valence-corrected chi connectivity index (χ1v) is 14.3. The molecule has 1 saturated carbocycles. The molecule has 2 unspecified atom stereocenters. The summed E-state index contributed by atoms with van der Waals surface area (Å²) in [6, 6.07) is 22.2. The summed E-state index contributed by atoms with van der Waals surface area (Å²) in [5.74, 6) is 0.617. The third kappa shape index (κ3) is 5.82. The van der Waals surface area contributed by atoms with Crippen LogP contribution in [0.1, 0.15) is 54.7 Å². The lowest BCUT2D eigenvalue weighted by Gasteiger charge is -2.37. The second-order valence-corrected chi connectivity index (χ2v) is 11.9. The number of hydrogen-bond acceptors (Lipinski definition) is 2. The molecule has 1 heterocycles. The van der Waals surface area contributed by atoms with Crippen molar-refractivity contribution in [1.82, 2.24) is 10.2 Å². The number of rotatable bonds is 6. The predicted molar refractivity (Wildman–Crippen MR) is 154 cm³/mol. The number of carbonyl (C=O) groups excluding carboxylic acids is 1. The molecule has 1 aliphatic carbocycles. The van der Waals surface area contributed by atoms with Gasteiger partial charge in [0.15, 0.2) is 0 Å². The number of nitrogens with zero attached hydrogens (tertiary/aromatic N) is 1. The summed E-state index contributed by atoms with van der Waals surface area (Å²) in [4.78, 5) is 16.5. The van der Waals surface area contributed by atoms with Crippen LogP contribution in [0.4, 0.5) is 0 Å². The van der Waals surface area contributed by atoms with E-state index in [2.05, 4.69) is 40.5 Å². The quantitative estimate of drug-likeness (QED) is 0.320. The van der Waals surface area contributed by atoms with Gasteiger partial charge >= 0.3 is 0 Å². The van der Waals surface area contributed by atoms with E-state index in [9.17, 15) is 4.79 Å². The smallest absolute Gasteiger partial charge is 0.230 e. The van der Waals surface area contributed by atoms with Gasteiger partial charge in [-0.1, -0.05) is 88.9 Å². The molecule has 3 aromatic rings. The molecule has 0 spiro atoms. The molecule has 0 aromatic heterocycles. The van der Waals surface area contributed by atoms with Crippen LogP contribution in [0, 0.1) is 0 Å². The molecule has 1 N–H and O–H groups in total. The fourth-order valence-corrected chi connectivity index (χ4v) is 6.67. The van der Waals surface area contributed by atoms with E-state index >= 15 is 0 Å². The summed E-state index contributed by atoms with van der Waals surface area (Å²) in [5.41, 5.74) is 2.60. The first-order valence-electron chi connectivity index (χ1n) is 12.8. The van der Waals surface area contributed by atoms with Crippen molar-refractivity contribution in [2.75, 3.05) is 13.1 Å². The second-order valence-electron chi connectivity index (χ2n) is 10.3. The van der Waals surface area contributed by atoms with Gasteiger partial charge in [0.2, 0.25) is 5.91 Å². The van der Waals surface area contributed by atoms with Gasteiger partial charge in [-0.2, -0.15) is 0 Å². The van der Waals surface area contributed by atoms with Gasteiger partial charge in [0.25, 0.3) is 0 Å². The Morgan fingerprint density at radius 3 is 2.19 bits per heavy atom. The lowest BCUT2D eigenvalue weighted by Crippen LogP contribution is -2.45. The van der Waals surface area contributed by atoms with Crippen molar-refractivity contribution < 1.29 is 4.79 Å². The van der Waals surface area contributed by atoms with E-state index < -0.39 is 5.41 Å². The molecule has 1 aliphatic heterocycles. The van der Waals surface area contributed by atoms with Gasteiger partial charge in [-0.25, -0.2) is 0 Å². The van der Waals surface area contributed by atoms with E-state index in [1.54, 1.807) is 18.2 Å². The molecule has 2 aliphatic rings. The maximum atomic E-state index is 13.9. The van der Waals surface area contributed by atoms with Gasteiger partial charge in [-0.15, -0.1) is 0 Å². The van der Waals surface area contributed by atoms with E-state index in [0.29, 0.717) is 38.6 Å². The molecule has 7 heteroatoms. The maximum Gasteiger partial charge on any atom is 0.230 e. The molecule has 1 amide bonds. The van der Waals surface area contributed by atoms with Crippen LogP contribution in [0.15, 0.2) is 66.7 Å². The van der Waals surface area contributed by atoms with Crippen molar-refractivity contribution >= 4 is 52.3 Å². The predicted octanol–water partition coefficient (Wildman–Crippen LogP) is 8.29. The molecule has 194 valence electrons. The Morgan fingerprint density at radius 1 is 0.838 bits per heavy atom. The number of carbonyl (C=O) groups is 1. The minimum atomic E-state index is -0.661. The van der Waals surface area contributed by atoms with Crippen LogP contribution < -0.4 is 5.32 Å². The average molecular weight is 576 g/mol. The fourth-order valence-electron chi connectivity index (χ4n) is 6.05. The summed E-state index contributed by atoms with van der Waals surface area (Å²) in [6.07, 6.45) is 4.78. The number of piperidine rings is 1. The van der Waals surface area contributed by atoms with E-state index in [-0.39, 0.29) is 5.91 Å². The molecule has 0 bridgehead atoms. The van der Waals surface area contributed by atoms with Crippen LogP contribution in [-0.2, 0) is 16.8 Å². The number of amides is 1. The zero-order valence-electron chi connectivity index (χ0n) is 20.5. The SMILES string of the molecule is O=C(NCc1ccc(Cl)c(Cl)c1)C1(c2ccc(Cl)c(Cl)c2)CCC(N2CCC(c3ccccc3)CC2)C1. The van der Waals surface area contributed by atoms with E-state index in [4.69, 9.17) is 46.4 Å². The lowest BCUT2D eigenvalue weighted by molar-refractivity contribution is -0.127. The van der Waals surface area contributed by atoms with Crippen molar-refractivity contribution in [1.29, 1.82) is 0 Å². The Balaban J connectivity index is 1.32. The Labute approximate surface area is 239 Å². The summed E-state index contributed by atoms with van der Waals surface area (Å²) in [7, 11) is 0. The molecular formula is C30H30Cl4N2O. The van der Waals surface area contributed by atoms with Crippen molar-refractivity contribution in [2.45, 2.75) is 56.0 Å². The van der Waals surface area contributed by atoms with Gasteiger partial charge in [-0.3, -0.25) is 4.79 Å². The lowest BCUT2D eigenvalue weighted by atomic mass is 9.77. The van der Waals surface area contributed by atoms with Crippen LogP contribution in [0.5, 0.6) is 0 Å². The van der Waals surface area contributed by atoms with Crippen LogP contribution >= 0.6 is 46.4 Å². The Morgan fingerprint density at radius 2 is 1.51 bits per heavy atom. The summed E-state index contributed by atoms with van der Waals surface area (Å²) >= 11 is 24.9. The molecule has 1 saturated heterocycles. The maximum absolute atomic E-state index is 13.9. The molecular weight excluding hydrogens is 546 g/mol. The minimum absolute atomic E-state index is 0.0126. The van der Waals surface area contributed by atoms with Gasteiger partial charge < -0.3 is 10.2 Å². The largest absolute Gasteiger partial charge is 0.351 e. The Hall–Kier alpha value is -1.75. The van der Waals surface area contributed by atoms with Crippen LogP contribution in [-0.4, -0.2) is 29.9 Å². The molecule has 3 nitrogen and oxygen atoms in total. The zero-order chi connectivity index (χ0) is 26.0. The Kier molecular flexibility index (Phi) is 8.38. The molecule has 2 fully saturated rings. The minimum Gasteiger partial charge on any atom is -0.351 e. The first kappa shape index (κ1) is 26.8. The van der Waals surface area contributed by atoms with Gasteiger partial charge in [0.05, 0.1) is 25.5 Å². The first-order chi connectivity index (χ1) is 17.9. The van der Waals surface area contributed by atoms with Gasteiger partial charge in [0, 0.05) is 12.6 Å². The van der Waals surface area contributed by atoms with Crippen molar-refractivity contribution in [3.8, 4) is 0 Å². The summed E-state index contributed by atoms with van der Waals surface area (Å²) in [5, 5.41) is 5.13. The second kappa shape index (κ2) is 11.6. The highest BCUT2D eigenvalue weighted by Gasteiger charge is 2.48. The highest BCUT2D eigenvalue weighted by molar-refractivity contribution is 6.42. The molecule has 37 heavy (non-hydrogen) atoms. The topological polar surface area (TPSA) is 32.3 Å². The normalized spacial score (nSPS) is 22.8. The Bertz CT molecular complexity index is 1260. The zero-order valence-corrected chi connectivity index (χ0v) is 23.6. The fraction of sp³-hybridized carbons (Fsp3) is 0.367. The third-order valence-electron chi connectivity index (χ3n) is 8.15. The third-order valence-corrected chi connectivity index (χ3v) is 9.63. The van der Waals surface area contributed by atoms with Gasteiger partial charge in [-0.05, 0) is 92.1 Å². The van der Waals surface area contributed by atoms with Gasteiger partial charge in [0.1, 0.15) is 0 Å². The van der Waals surface area contributed by atoms with E-state index in [0.717, 1.165) is 56.3 Å². The number of nitrogens with one attached hydrogen (secondary N) is 1. The molecule has 2 atom stereocenters. The molecule has 5 rings (SSSR count). The molecule has 3 aromatic carbocycles. The number of hydrogen-bond donors (Lipinski definition) is 1. The summed E-state index contributed by atoms with van der Waals surface area (Å²) < 4.78 is 0. The number of benzene rings is 3. The highest BCUT2D eigenvalue weighted by atomic mass is 35.5. The van der Waals surface area contributed by atoms with Crippen LogP contribution in [0.3, 0.4) is 0 Å². The summed E-state index contributed by atoms with van der Waals surface area (Å²) in [6.45, 7) is 2.48. The standard InChI is InChI=1S/C30H30Cl4N2O/c31-25-8-6-20(16-27(25)33)19-35-29(37)30(23-7-9-26(32)28(34)17-23)13-10-24(18-30)36-14-11-22(12-15-36)21-4-2-1-3-5-21/h1-9,16-17,22,24H,10-15,18-19H2,(H,35,37). The van der Waals surface area contributed by atoms with Crippen LogP contribution in [0.25, 0.3) is 0 Å². The molecule has 0 radical (unpaired) electrons. The highest BCUT2D eigenvalue weighted by Crippen LogP contribution is 2.46. The van der Waals surface area contributed by atoms with Crippen LogP contribution in [0.2, 0.25) is 20.1 Å². The van der Waals surface area contributed by atoms with E-state index in [1.165, 1.54) is 5.56 Å². The van der Waals surface area contributed by atoms with E-state index in [1.807, 2.05) is 18.2 Å². The number of halogens is 4. The van der Waals surface area contributed by atoms with Crippen molar-refractivity contribution in [3.05, 3.63) is 104 Å².